The van der Waals surface area contributed by atoms with Crippen molar-refractivity contribution >= 4 is 23.2 Å². The Labute approximate surface area is 162 Å². The Kier molecular flexibility index (Phi) is 4.48. The molecule has 0 spiro atoms. The number of hydrogen-bond donors (Lipinski definition) is 1. The van der Waals surface area contributed by atoms with Gasteiger partial charge in [-0.2, -0.15) is 5.10 Å². The molecule has 1 aromatic heterocycles. The highest BCUT2D eigenvalue weighted by molar-refractivity contribution is 6.31. The molecule has 1 atom stereocenters. The van der Waals surface area contributed by atoms with Gasteiger partial charge in [0.05, 0.1) is 6.04 Å². The molecule has 1 aliphatic heterocycles. The quantitative estimate of drug-likeness (QED) is 0.677. The van der Waals surface area contributed by atoms with Crippen LogP contribution in [0, 0.1) is 11.7 Å². The zero-order valence-corrected chi connectivity index (χ0v) is 15.8. The smallest absolute Gasteiger partial charge is 0.280 e. The van der Waals surface area contributed by atoms with Crippen molar-refractivity contribution in [1.82, 2.24) is 10.2 Å². The largest absolute Gasteiger partial charge is 0.295 e. The molecule has 2 aromatic carbocycles. The number of fused-ring (bicyclic) bond motifs is 1. The van der Waals surface area contributed by atoms with Crippen LogP contribution in [0.4, 0.5) is 10.1 Å². The lowest BCUT2D eigenvalue weighted by Gasteiger charge is -2.27. The summed E-state index contributed by atoms with van der Waals surface area (Å²) in [5.41, 5.74) is 3.62. The van der Waals surface area contributed by atoms with Crippen LogP contribution in [0.5, 0.6) is 0 Å². The summed E-state index contributed by atoms with van der Waals surface area (Å²) in [5, 5.41) is 7.91. The van der Waals surface area contributed by atoms with Gasteiger partial charge < -0.3 is 0 Å². The maximum absolute atomic E-state index is 13.4. The van der Waals surface area contributed by atoms with Gasteiger partial charge >= 0.3 is 0 Å². The number of halogens is 2. The van der Waals surface area contributed by atoms with Crippen molar-refractivity contribution in [3.63, 3.8) is 0 Å². The summed E-state index contributed by atoms with van der Waals surface area (Å²) >= 11 is 6.49. The van der Waals surface area contributed by atoms with E-state index in [1.54, 1.807) is 17.0 Å². The van der Waals surface area contributed by atoms with Crippen LogP contribution in [-0.4, -0.2) is 16.1 Å². The van der Waals surface area contributed by atoms with Gasteiger partial charge in [0.15, 0.2) is 5.69 Å². The molecule has 1 aliphatic rings. The van der Waals surface area contributed by atoms with Gasteiger partial charge in [0, 0.05) is 22.0 Å². The number of H-pyrrole nitrogens is 1. The van der Waals surface area contributed by atoms with Gasteiger partial charge in [-0.1, -0.05) is 43.6 Å². The van der Waals surface area contributed by atoms with Gasteiger partial charge in [-0.05, 0) is 48.2 Å². The maximum atomic E-state index is 13.4. The lowest BCUT2D eigenvalue weighted by atomic mass is 9.95. The Morgan fingerprint density at radius 3 is 2.56 bits per heavy atom. The standard InChI is InChI=1S/C21H19ClFN3O/c1-12(2)11-17-18-19(25-24-17)21(27)26(14-9-7-13(23)8-10-14)20(18)15-5-3-4-6-16(15)22/h3-10,12,20H,11H2,1-2H3,(H,24,25). The van der Waals surface area contributed by atoms with Gasteiger partial charge in [0.2, 0.25) is 0 Å². The van der Waals surface area contributed by atoms with Crippen molar-refractivity contribution in [1.29, 1.82) is 0 Å². The molecule has 0 radical (unpaired) electrons. The van der Waals surface area contributed by atoms with E-state index in [0.29, 0.717) is 22.3 Å². The van der Waals surface area contributed by atoms with E-state index < -0.39 is 6.04 Å². The Balaban J connectivity index is 1.91. The number of anilines is 1. The predicted molar refractivity (Wildman–Crippen MR) is 104 cm³/mol. The molecule has 2 heterocycles. The zero-order chi connectivity index (χ0) is 19.1. The van der Waals surface area contributed by atoms with Crippen molar-refractivity contribution in [2.45, 2.75) is 26.3 Å². The van der Waals surface area contributed by atoms with Gasteiger partial charge in [-0.25, -0.2) is 4.39 Å². The Morgan fingerprint density at radius 2 is 1.89 bits per heavy atom. The fraction of sp³-hybridized carbons (Fsp3) is 0.238. The van der Waals surface area contributed by atoms with Crippen molar-refractivity contribution in [2.24, 2.45) is 5.92 Å². The van der Waals surface area contributed by atoms with Crippen LogP contribution in [0.2, 0.25) is 5.02 Å². The molecule has 4 nitrogen and oxygen atoms in total. The molecule has 0 bridgehead atoms. The summed E-state index contributed by atoms with van der Waals surface area (Å²) in [4.78, 5) is 14.8. The minimum absolute atomic E-state index is 0.215. The highest BCUT2D eigenvalue weighted by Gasteiger charge is 2.43. The topological polar surface area (TPSA) is 49.0 Å². The average Bonchev–Trinajstić information content (AvgIpc) is 3.15. The van der Waals surface area contributed by atoms with Crippen LogP contribution in [0.1, 0.15) is 47.2 Å². The highest BCUT2D eigenvalue weighted by Crippen LogP contribution is 2.44. The highest BCUT2D eigenvalue weighted by atomic mass is 35.5. The third kappa shape index (κ3) is 3.02. The van der Waals surface area contributed by atoms with Crippen molar-refractivity contribution in [2.75, 3.05) is 4.90 Å². The number of carbonyl (C=O) groups is 1. The average molecular weight is 384 g/mol. The Bertz CT molecular complexity index is 997. The SMILES string of the molecule is CC(C)Cc1[nH]nc2c1C(c1ccccc1Cl)N(c1ccc(F)cc1)C2=O. The van der Waals surface area contributed by atoms with Gasteiger partial charge in [0.1, 0.15) is 5.82 Å². The van der Waals surface area contributed by atoms with E-state index in [4.69, 9.17) is 11.6 Å². The Morgan fingerprint density at radius 1 is 1.19 bits per heavy atom. The van der Waals surface area contributed by atoms with Crippen LogP contribution >= 0.6 is 11.6 Å². The molecular weight excluding hydrogens is 365 g/mol. The molecule has 27 heavy (non-hydrogen) atoms. The number of benzene rings is 2. The van der Waals surface area contributed by atoms with E-state index in [1.165, 1.54) is 12.1 Å². The second-order valence-electron chi connectivity index (χ2n) is 7.14. The van der Waals surface area contributed by atoms with Crippen LogP contribution in [0.15, 0.2) is 48.5 Å². The lowest BCUT2D eigenvalue weighted by molar-refractivity contribution is 0.0988. The number of hydrogen-bond acceptors (Lipinski definition) is 2. The summed E-state index contributed by atoms with van der Waals surface area (Å²) in [5.74, 6) is -0.164. The third-order valence-corrected chi connectivity index (χ3v) is 5.10. The second-order valence-corrected chi connectivity index (χ2v) is 7.55. The lowest BCUT2D eigenvalue weighted by Crippen LogP contribution is -2.29. The fourth-order valence-electron chi connectivity index (χ4n) is 3.63. The van der Waals surface area contributed by atoms with Crippen LogP contribution in [0.3, 0.4) is 0 Å². The van der Waals surface area contributed by atoms with E-state index in [2.05, 4.69) is 24.0 Å². The van der Waals surface area contributed by atoms with Crippen LogP contribution in [-0.2, 0) is 6.42 Å². The molecule has 6 heteroatoms. The minimum Gasteiger partial charge on any atom is -0.295 e. The van der Waals surface area contributed by atoms with Gasteiger partial charge in [-0.3, -0.25) is 14.8 Å². The molecule has 1 unspecified atom stereocenters. The van der Waals surface area contributed by atoms with E-state index in [-0.39, 0.29) is 11.7 Å². The molecule has 138 valence electrons. The van der Waals surface area contributed by atoms with E-state index in [9.17, 15) is 9.18 Å². The molecule has 1 N–H and O–H groups in total. The maximum Gasteiger partial charge on any atom is 0.280 e. The first kappa shape index (κ1) is 17.7. The first-order chi connectivity index (χ1) is 13.0. The molecule has 1 amide bonds. The van der Waals surface area contributed by atoms with E-state index in [1.807, 2.05) is 24.3 Å². The molecule has 3 aromatic rings. The third-order valence-electron chi connectivity index (χ3n) is 4.75. The molecule has 0 saturated carbocycles. The summed E-state index contributed by atoms with van der Waals surface area (Å²) < 4.78 is 13.4. The number of carbonyl (C=O) groups excluding carboxylic acids is 1. The van der Waals surface area contributed by atoms with Crippen molar-refractivity contribution in [3.05, 3.63) is 81.9 Å². The number of aromatic amines is 1. The molecule has 4 rings (SSSR count). The summed E-state index contributed by atoms with van der Waals surface area (Å²) in [6.07, 6.45) is 0.772. The summed E-state index contributed by atoms with van der Waals surface area (Å²) in [7, 11) is 0. The van der Waals surface area contributed by atoms with Gasteiger partial charge in [-0.15, -0.1) is 0 Å². The van der Waals surface area contributed by atoms with Crippen LogP contribution in [0.25, 0.3) is 0 Å². The van der Waals surface area contributed by atoms with Gasteiger partial charge in [0.25, 0.3) is 5.91 Å². The number of amides is 1. The summed E-state index contributed by atoms with van der Waals surface area (Å²) in [6, 6.07) is 13.0. The second kappa shape index (κ2) is 6.82. The number of rotatable bonds is 4. The predicted octanol–water partition coefficient (Wildman–Crippen LogP) is 5.15. The molecule has 0 saturated heterocycles. The number of nitrogens with zero attached hydrogens (tertiary/aromatic N) is 2. The van der Waals surface area contributed by atoms with Crippen molar-refractivity contribution in [3.8, 4) is 0 Å². The molecular formula is C21H19ClFN3O. The number of nitrogens with one attached hydrogen (secondary N) is 1. The minimum atomic E-state index is -0.404. The summed E-state index contributed by atoms with van der Waals surface area (Å²) in [6.45, 7) is 4.23. The Hall–Kier alpha value is -2.66. The first-order valence-corrected chi connectivity index (χ1v) is 9.26. The van der Waals surface area contributed by atoms with E-state index >= 15 is 0 Å². The fourth-order valence-corrected chi connectivity index (χ4v) is 3.87. The van der Waals surface area contributed by atoms with Crippen LogP contribution < -0.4 is 4.90 Å². The zero-order valence-electron chi connectivity index (χ0n) is 15.0. The van der Waals surface area contributed by atoms with E-state index in [0.717, 1.165) is 23.2 Å². The molecule has 0 fully saturated rings. The normalized spacial score (nSPS) is 16.3. The number of aromatic nitrogens is 2. The first-order valence-electron chi connectivity index (χ1n) is 8.88. The van der Waals surface area contributed by atoms with Crippen molar-refractivity contribution < 1.29 is 9.18 Å². The molecule has 0 aliphatic carbocycles. The monoisotopic (exact) mass is 383 g/mol.